The zero-order valence-corrected chi connectivity index (χ0v) is 16.4. The Hall–Kier alpha value is -3.21. The molecule has 2 aliphatic heterocycles. The Labute approximate surface area is 171 Å². The zero-order valence-electron chi connectivity index (χ0n) is 16.4. The van der Waals surface area contributed by atoms with Crippen molar-refractivity contribution in [2.75, 3.05) is 49.1 Å². The minimum Gasteiger partial charge on any atom is -0.442 e. The third-order valence-corrected chi connectivity index (χ3v) is 4.68. The van der Waals surface area contributed by atoms with E-state index in [0.717, 1.165) is 28.2 Å². The van der Waals surface area contributed by atoms with E-state index in [-0.39, 0.29) is 56.6 Å². The van der Waals surface area contributed by atoms with Crippen LogP contribution in [0.2, 0.25) is 0 Å². The fourth-order valence-corrected chi connectivity index (χ4v) is 3.25. The normalized spacial score (nSPS) is 19.4. The van der Waals surface area contributed by atoms with Gasteiger partial charge in [-0.05, 0) is 6.08 Å². The number of anilines is 2. The highest BCUT2D eigenvalue weighted by molar-refractivity contribution is 5.90. The average Bonchev–Trinajstić information content (AvgIpc) is 2.90. The number of hydrogen-bond donors (Lipinski definition) is 1. The summed E-state index contributed by atoms with van der Waals surface area (Å²) in [6, 6.07) is 2.11. The highest BCUT2D eigenvalue weighted by Gasteiger charge is 2.34. The van der Waals surface area contributed by atoms with Crippen LogP contribution in [-0.2, 0) is 19.2 Å². The number of hydroxylamine groups is 2. The Bertz CT molecular complexity index is 842. The predicted molar refractivity (Wildman–Crippen MR) is 103 cm³/mol. The summed E-state index contributed by atoms with van der Waals surface area (Å²) < 4.78 is 34.8. The molecule has 11 heteroatoms. The first-order valence-electron chi connectivity index (χ1n) is 9.33. The fourth-order valence-electron chi connectivity index (χ4n) is 3.25. The summed E-state index contributed by atoms with van der Waals surface area (Å²) in [5, 5.41) is 3.62. The van der Waals surface area contributed by atoms with Crippen molar-refractivity contribution in [1.29, 1.82) is 0 Å². The topological polar surface area (TPSA) is 91.4 Å². The zero-order chi connectivity index (χ0) is 21.8. The molecule has 162 valence electrons. The van der Waals surface area contributed by atoms with Crippen LogP contribution < -0.4 is 15.1 Å². The largest absolute Gasteiger partial charge is 0.442 e. The van der Waals surface area contributed by atoms with E-state index in [1.54, 1.807) is 0 Å². The maximum Gasteiger partial charge on any atom is 0.414 e. The van der Waals surface area contributed by atoms with Crippen molar-refractivity contribution in [2.45, 2.75) is 13.0 Å². The summed E-state index contributed by atoms with van der Waals surface area (Å²) in [5.41, 5.74) is -0.253. The number of cyclic esters (lactones) is 1. The second-order valence-corrected chi connectivity index (χ2v) is 6.78. The van der Waals surface area contributed by atoms with E-state index in [1.807, 2.05) is 0 Å². The molecule has 0 unspecified atom stereocenters. The van der Waals surface area contributed by atoms with Gasteiger partial charge < -0.3 is 15.0 Å². The average molecular weight is 424 g/mol. The minimum atomic E-state index is -0.855. The number of nitrogens with one attached hydrogen (secondary N) is 1. The van der Waals surface area contributed by atoms with Gasteiger partial charge in [0.1, 0.15) is 11.8 Å². The number of hydrogen-bond acceptors (Lipinski definition) is 6. The van der Waals surface area contributed by atoms with Crippen molar-refractivity contribution in [2.24, 2.45) is 0 Å². The Kier molecular flexibility index (Phi) is 6.50. The van der Waals surface area contributed by atoms with Gasteiger partial charge in [-0.15, -0.1) is 0 Å². The molecule has 1 aromatic rings. The molecule has 1 N–H and O–H groups in total. The number of carbonyl (C=O) groups is 3. The highest BCUT2D eigenvalue weighted by Crippen LogP contribution is 2.31. The van der Waals surface area contributed by atoms with E-state index in [2.05, 4.69) is 11.9 Å². The molecule has 30 heavy (non-hydrogen) atoms. The van der Waals surface area contributed by atoms with Crippen molar-refractivity contribution in [3.63, 3.8) is 0 Å². The van der Waals surface area contributed by atoms with E-state index in [9.17, 15) is 23.2 Å². The second kappa shape index (κ2) is 9.08. The van der Waals surface area contributed by atoms with Crippen molar-refractivity contribution >= 4 is 29.3 Å². The van der Waals surface area contributed by atoms with Crippen LogP contribution >= 0.6 is 0 Å². The maximum absolute atomic E-state index is 14.8. The molecule has 0 radical (unpaired) electrons. The molecule has 0 saturated carbocycles. The molecule has 9 nitrogen and oxygen atoms in total. The minimum absolute atomic E-state index is 0.0126. The molecular weight excluding hydrogens is 402 g/mol. The number of ether oxygens (including phenoxy) is 1. The lowest BCUT2D eigenvalue weighted by molar-refractivity contribution is -0.176. The maximum atomic E-state index is 14.8. The molecule has 2 saturated heterocycles. The van der Waals surface area contributed by atoms with Crippen LogP contribution in [0, 0.1) is 11.6 Å². The van der Waals surface area contributed by atoms with Gasteiger partial charge in [0.25, 0.3) is 5.91 Å². The molecule has 0 bridgehead atoms. The molecule has 1 atom stereocenters. The van der Waals surface area contributed by atoms with Crippen LogP contribution in [0.4, 0.5) is 25.0 Å². The molecule has 1 aromatic carbocycles. The molecule has 2 heterocycles. The second-order valence-electron chi connectivity index (χ2n) is 6.78. The van der Waals surface area contributed by atoms with Crippen LogP contribution in [0.5, 0.6) is 0 Å². The number of carbonyl (C=O) groups excluding carboxylic acids is 3. The summed E-state index contributed by atoms with van der Waals surface area (Å²) in [6.07, 6.45) is -0.276. The van der Waals surface area contributed by atoms with Crippen molar-refractivity contribution in [1.82, 2.24) is 10.4 Å². The molecule has 0 spiro atoms. The summed E-state index contributed by atoms with van der Waals surface area (Å²) in [6.45, 7) is 5.35. The van der Waals surface area contributed by atoms with Gasteiger partial charge in [-0.2, -0.15) is 0 Å². The summed E-state index contributed by atoms with van der Waals surface area (Å²) in [7, 11) is 0. The van der Waals surface area contributed by atoms with Gasteiger partial charge >= 0.3 is 6.09 Å². The van der Waals surface area contributed by atoms with E-state index >= 15 is 0 Å². The van der Waals surface area contributed by atoms with E-state index < -0.39 is 29.7 Å². The Balaban J connectivity index is 1.74. The van der Waals surface area contributed by atoms with Crippen LogP contribution in [0.25, 0.3) is 0 Å². The van der Waals surface area contributed by atoms with Crippen molar-refractivity contribution in [3.8, 4) is 0 Å². The van der Waals surface area contributed by atoms with Gasteiger partial charge in [0.05, 0.1) is 31.9 Å². The quantitative estimate of drug-likeness (QED) is 0.715. The fraction of sp³-hybridized carbons (Fsp3) is 0.421. The van der Waals surface area contributed by atoms with Gasteiger partial charge in [0, 0.05) is 32.1 Å². The standard InChI is InChI=1S/C19H22F2N4O5/c1-3-17(27)25-5-4-23(6-7-29-25)18-15(20)8-13(9-16(18)21)24-11-14(30-19(24)28)10-22-12(2)26/h3,8-9,14H,1,4-7,10-11H2,2H3,(H,22,26)/t14-/m0/s1. The van der Waals surface area contributed by atoms with E-state index in [0.29, 0.717) is 0 Å². The molecule has 0 aliphatic carbocycles. The van der Waals surface area contributed by atoms with Gasteiger partial charge in [-0.1, -0.05) is 6.58 Å². The third-order valence-electron chi connectivity index (χ3n) is 4.68. The smallest absolute Gasteiger partial charge is 0.414 e. The van der Waals surface area contributed by atoms with Crippen LogP contribution in [0.15, 0.2) is 24.8 Å². The number of halogens is 2. The molecule has 0 aromatic heterocycles. The van der Waals surface area contributed by atoms with Gasteiger partial charge in [-0.3, -0.25) is 19.3 Å². The summed E-state index contributed by atoms with van der Waals surface area (Å²) >= 11 is 0. The van der Waals surface area contributed by atoms with Crippen LogP contribution in [-0.4, -0.2) is 68.4 Å². The lowest BCUT2D eigenvalue weighted by Crippen LogP contribution is -2.34. The number of benzene rings is 1. The van der Waals surface area contributed by atoms with Gasteiger partial charge in [0.2, 0.25) is 5.91 Å². The number of nitrogens with zero attached hydrogens (tertiary/aromatic N) is 3. The highest BCUT2D eigenvalue weighted by atomic mass is 19.1. The van der Waals surface area contributed by atoms with Crippen molar-refractivity contribution < 1.29 is 32.7 Å². The lowest BCUT2D eigenvalue weighted by atomic mass is 10.2. The molecule has 3 amide bonds. The number of amides is 3. The van der Waals surface area contributed by atoms with E-state index in [1.165, 1.54) is 11.8 Å². The number of rotatable bonds is 5. The first-order valence-corrected chi connectivity index (χ1v) is 9.33. The van der Waals surface area contributed by atoms with Crippen LogP contribution in [0.3, 0.4) is 0 Å². The first kappa shape index (κ1) is 21.5. The van der Waals surface area contributed by atoms with Crippen molar-refractivity contribution in [3.05, 3.63) is 36.4 Å². The summed E-state index contributed by atoms with van der Waals surface area (Å²) in [4.78, 5) is 42.6. The monoisotopic (exact) mass is 424 g/mol. The lowest BCUT2D eigenvalue weighted by Gasteiger charge is -2.24. The summed E-state index contributed by atoms with van der Waals surface area (Å²) in [5.74, 6) is -2.42. The molecule has 2 fully saturated rings. The first-order chi connectivity index (χ1) is 14.3. The Morgan fingerprint density at radius 1 is 1.27 bits per heavy atom. The third kappa shape index (κ3) is 4.67. The van der Waals surface area contributed by atoms with E-state index in [4.69, 9.17) is 9.57 Å². The molecular formula is C19H22F2N4O5. The Morgan fingerprint density at radius 3 is 2.60 bits per heavy atom. The SMILES string of the molecule is C=CC(=O)N1CCN(c2c(F)cc(N3C[C@H](CNC(C)=O)OC3=O)cc2F)CCO1. The van der Waals surface area contributed by atoms with Gasteiger partial charge in [0.15, 0.2) is 11.6 Å². The predicted octanol–water partition coefficient (Wildman–Crippen LogP) is 1.19. The molecule has 3 rings (SSSR count). The Morgan fingerprint density at radius 2 is 1.97 bits per heavy atom. The van der Waals surface area contributed by atoms with Gasteiger partial charge in [-0.25, -0.2) is 18.6 Å². The van der Waals surface area contributed by atoms with Crippen LogP contribution in [0.1, 0.15) is 6.92 Å². The molecule has 2 aliphatic rings.